The van der Waals surface area contributed by atoms with E-state index in [9.17, 15) is 0 Å². The molecule has 5 heteroatoms. The number of benzene rings is 2. The SMILES string of the molecule is Cc1cc(C)c(NC(=S)NC[C@H](c2ccccc2)[NH+]2CCCC2)c(Cl)c1. The van der Waals surface area contributed by atoms with Gasteiger partial charge in [-0.1, -0.05) is 48.0 Å². The number of aryl methyl sites for hydroxylation is 2. The Balaban J connectivity index is 1.66. The molecule has 1 aliphatic heterocycles. The summed E-state index contributed by atoms with van der Waals surface area (Å²) in [7, 11) is 0. The molecule has 138 valence electrons. The van der Waals surface area contributed by atoms with Crippen molar-refractivity contribution in [2.24, 2.45) is 0 Å². The normalized spacial score (nSPS) is 15.7. The van der Waals surface area contributed by atoms with Crippen LogP contribution in [0.5, 0.6) is 0 Å². The molecule has 3 rings (SSSR count). The van der Waals surface area contributed by atoms with Crippen LogP contribution in [-0.2, 0) is 0 Å². The lowest BCUT2D eigenvalue weighted by Gasteiger charge is -2.26. The zero-order valence-electron chi connectivity index (χ0n) is 15.4. The van der Waals surface area contributed by atoms with Gasteiger partial charge in [0, 0.05) is 18.4 Å². The van der Waals surface area contributed by atoms with Crippen molar-refractivity contribution in [3.8, 4) is 0 Å². The van der Waals surface area contributed by atoms with E-state index in [-0.39, 0.29) is 0 Å². The van der Waals surface area contributed by atoms with Gasteiger partial charge in [0.1, 0.15) is 6.04 Å². The van der Waals surface area contributed by atoms with E-state index < -0.39 is 0 Å². The Morgan fingerprint density at radius 3 is 2.50 bits per heavy atom. The van der Waals surface area contributed by atoms with Gasteiger partial charge >= 0.3 is 0 Å². The van der Waals surface area contributed by atoms with Gasteiger partial charge in [-0.15, -0.1) is 0 Å². The fourth-order valence-electron chi connectivity index (χ4n) is 3.79. The highest BCUT2D eigenvalue weighted by atomic mass is 35.5. The molecule has 0 aromatic heterocycles. The van der Waals surface area contributed by atoms with Gasteiger partial charge in [0.2, 0.25) is 0 Å². The Morgan fingerprint density at radius 2 is 1.85 bits per heavy atom. The summed E-state index contributed by atoms with van der Waals surface area (Å²) >= 11 is 11.9. The summed E-state index contributed by atoms with van der Waals surface area (Å²) in [6, 6.07) is 15.2. The average molecular weight is 389 g/mol. The molecule has 0 unspecified atom stereocenters. The lowest BCUT2D eigenvalue weighted by atomic mass is 10.1. The van der Waals surface area contributed by atoms with Crippen LogP contribution in [0.15, 0.2) is 42.5 Å². The van der Waals surface area contributed by atoms with Crippen molar-refractivity contribution in [3.05, 3.63) is 64.2 Å². The largest absolute Gasteiger partial charge is 0.356 e. The molecule has 0 aliphatic carbocycles. The number of likely N-dealkylation sites (tertiary alicyclic amines) is 1. The number of anilines is 1. The van der Waals surface area contributed by atoms with Crippen molar-refractivity contribution in [1.29, 1.82) is 0 Å². The summed E-state index contributed by atoms with van der Waals surface area (Å²) in [5.74, 6) is 0. The molecule has 3 nitrogen and oxygen atoms in total. The molecule has 2 aromatic carbocycles. The number of halogens is 1. The highest BCUT2D eigenvalue weighted by Crippen LogP contribution is 2.27. The number of hydrogen-bond donors (Lipinski definition) is 3. The maximum Gasteiger partial charge on any atom is 0.171 e. The first kappa shape index (κ1) is 19.2. The van der Waals surface area contributed by atoms with E-state index in [0.717, 1.165) is 23.4 Å². The lowest BCUT2D eigenvalue weighted by Crippen LogP contribution is -3.11. The maximum atomic E-state index is 6.39. The van der Waals surface area contributed by atoms with Gasteiger partial charge in [-0.05, 0) is 43.3 Å². The zero-order valence-corrected chi connectivity index (χ0v) is 17.0. The van der Waals surface area contributed by atoms with Crippen molar-refractivity contribution in [1.82, 2.24) is 5.32 Å². The number of hydrogen-bond acceptors (Lipinski definition) is 1. The van der Waals surface area contributed by atoms with Gasteiger partial charge in [-0.2, -0.15) is 0 Å². The van der Waals surface area contributed by atoms with E-state index in [4.69, 9.17) is 23.8 Å². The quantitative estimate of drug-likeness (QED) is 0.682. The first-order valence-corrected chi connectivity index (χ1v) is 10.0. The van der Waals surface area contributed by atoms with Crippen LogP contribution in [0, 0.1) is 13.8 Å². The van der Waals surface area contributed by atoms with Crippen LogP contribution in [0.4, 0.5) is 5.69 Å². The van der Waals surface area contributed by atoms with E-state index in [0.29, 0.717) is 16.2 Å². The minimum absolute atomic E-state index is 0.410. The zero-order chi connectivity index (χ0) is 18.5. The fourth-order valence-corrected chi connectivity index (χ4v) is 4.34. The standard InChI is InChI=1S/C21H26ClN3S/c1-15-12-16(2)20(18(22)13-15)24-21(26)23-14-19(25-10-6-7-11-25)17-8-4-3-5-9-17/h3-5,8-9,12-13,19H,6-7,10-11,14H2,1-2H3,(H2,23,24,26)/p+1/t19-/m1/s1. The van der Waals surface area contributed by atoms with E-state index in [2.05, 4.69) is 47.0 Å². The molecule has 1 aliphatic rings. The topological polar surface area (TPSA) is 28.5 Å². The van der Waals surface area contributed by atoms with Gasteiger partial charge in [0.05, 0.1) is 30.3 Å². The van der Waals surface area contributed by atoms with E-state index in [1.807, 2.05) is 19.9 Å². The number of rotatable bonds is 5. The molecule has 26 heavy (non-hydrogen) atoms. The van der Waals surface area contributed by atoms with Crippen LogP contribution >= 0.6 is 23.8 Å². The van der Waals surface area contributed by atoms with E-state index in [1.165, 1.54) is 31.5 Å². The van der Waals surface area contributed by atoms with Crippen molar-refractivity contribution in [3.63, 3.8) is 0 Å². The van der Waals surface area contributed by atoms with Crippen molar-refractivity contribution in [2.75, 3.05) is 25.0 Å². The highest BCUT2D eigenvalue weighted by Gasteiger charge is 2.27. The molecular weight excluding hydrogens is 362 g/mol. The molecule has 1 fully saturated rings. The molecule has 1 atom stereocenters. The predicted molar refractivity (Wildman–Crippen MR) is 114 cm³/mol. The summed E-state index contributed by atoms with van der Waals surface area (Å²) in [6.07, 6.45) is 2.61. The van der Waals surface area contributed by atoms with E-state index >= 15 is 0 Å². The molecule has 2 aromatic rings. The van der Waals surface area contributed by atoms with Crippen LogP contribution in [0.25, 0.3) is 0 Å². The molecule has 0 spiro atoms. The average Bonchev–Trinajstić information content (AvgIpc) is 3.13. The minimum Gasteiger partial charge on any atom is -0.356 e. The smallest absolute Gasteiger partial charge is 0.171 e. The number of quaternary nitrogens is 1. The molecule has 0 amide bonds. The summed E-state index contributed by atoms with van der Waals surface area (Å²) in [5.41, 5.74) is 4.51. The summed E-state index contributed by atoms with van der Waals surface area (Å²) in [5, 5.41) is 8.03. The van der Waals surface area contributed by atoms with E-state index in [1.54, 1.807) is 4.90 Å². The first-order chi connectivity index (χ1) is 12.5. The summed E-state index contributed by atoms with van der Waals surface area (Å²) in [4.78, 5) is 1.64. The Kier molecular flexibility index (Phi) is 6.52. The number of nitrogens with one attached hydrogen (secondary N) is 3. The first-order valence-electron chi connectivity index (χ1n) is 9.25. The molecule has 3 N–H and O–H groups in total. The molecule has 0 bridgehead atoms. The monoisotopic (exact) mass is 388 g/mol. The van der Waals surface area contributed by atoms with Gasteiger partial charge in [-0.3, -0.25) is 0 Å². The van der Waals surface area contributed by atoms with Crippen LogP contribution < -0.4 is 15.5 Å². The third-order valence-electron chi connectivity index (χ3n) is 5.08. The van der Waals surface area contributed by atoms with Crippen LogP contribution in [0.1, 0.15) is 35.6 Å². The fraction of sp³-hybridized carbons (Fsp3) is 0.381. The predicted octanol–water partition coefficient (Wildman–Crippen LogP) is 3.66. The van der Waals surface area contributed by atoms with Crippen LogP contribution in [0.2, 0.25) is 5.02 Å². The molecule has 0 saturated carbocycles. The maximum absolute atomic E-state index is 6.39. The molecule has 0 radical (unpaired) electrons. The summed E-state index contributed by atoms with van der Waals surface area (Å²) in [6.45, 7) is 7.36. The lowest BCUT2D eigenvalue weighted by molar-refractivity contribution is -0.918. The van der Waals surface area contributed by atoms with Crippen LogP contribution in [-0.4, -0.2) is 24.7 Å². The second kappa shape index (κ2) is 8.85. The van der Waals surface area contributed by atoms with Crippen molar-refractivity contribution < 1.29 is 4.90 Å². The molecule has 1 saturated heterocycles. The van der Waals surface area contributed by atoms with Gasteiger partial charge in [0.15, 0.2) is 5.11 Å². The van der Waals surface area contributed by atoms with Gasteiger partial charge < -0.3 is 15.5 Å². The highest BCUT2D eigenvalue weighted by molar-refractivity contribution is 7.80. The Morgan fingerprint density at radius 1 is 1.15 bits per heavy atom. The summed E-state index contributed by atoms with van der Waals surface area (Å²) < 4.78 is 0. The van der Waals surface area contributed by atoms with Crippen molar-refractivity contribution >= 4 is 34.6 Å². The molecule has 1 heterocycles. The Bertz CT molecular complexity index is 734. The van der Waals surface area contributed by atoms with Gasteiger partial charge in [0.25, 0.3) is 0 Å². The second-order valence-electron chi connectivity index (χ2n) is 7.10. The van der Waals surface area contributed by atoms with Crippen molar-refractivity contribution in [2.45, 2.75) is 32.7 Å². The minimum atomic E-state index is 0.410. The Labute approximate surface area is 166 Å². The number of thiocarbonyl (C=S) groups is 1. The Hall–Kier alpha value is -1.62. The third kappa shape index (κ3) is 4.76. The molecular formula is C21H27ClN3S+. The third-order valence-corrected chi connectivity index (χ3v) is 5.62. The second-order valence-corrected chi connectivity index (χ2v) is 7.92. The van der Waals surface area contributed by atoms with Gasteiger partial charge in [-0.25, -0.2) is 0 Å². The van der Waals surface area contributed by atoms with Crippen LogP contribution in [0.3, 0.4) is 0 Å².